The average Bonchev–Trinajstić information content (AvgIpc) is 3.46. The third kappa shape index (κ3) is 7.52. The van der Waals surface area contributed by atoms with Crippen molar-refractivity contribution >= 4 is 27.5 Å². The molecule has 4 rings (SSSR count). The summed E-state index contributed by atoms with van der Waals surface area (Å²) >= 11 is 0. The van der Waals surface area contributed by atoms with Crippen molar-refractivity contribution in [3.63, 3.8) is 0 Å². The SMILES string of the molecule is CC[C@H](C(=O)NC1CCCC1)N(Cc1ccc(C)cc1)C(=O)CN(c1ccc(F)cc1)S(=O)(=O)c1ccc(C)cc1. The van der Waals surface area contributed by atoms with E-state index in [-0.39, 0.29) is 29.1 Å². The van der Waals surface area contributed by atoms with Gasteiger partial charge in [0.2, 0.25) is 11.8 Å². The van der Waals surface area contributed by atoms with Crippen molar-refractivity contribution in [2.24, 2.45) is 0 Å². The normalized spacial score (nSPS) is 14.4. The van der Waals surface area contributed by atoms with Crippen molar-refractivity contribution in [1.29, 1.82) is 0 Å². The van der Waals surface area contributed by atoms with Crippen LogP contribution in [-0.2, 0) is 26.2 Å². The molecule has 1 atom stereocenters. The Labute approximate surface area is 242 Å². The Kier molecular flexibility index (Phi) is 9.81. The zero-order valence-corrected chi connectivity index (χ0v) is 24.7. The summed E-state index contributed by atoms with van der Waals surface area (Å²) < 4.78 is 42.5. The highest BCUT2D eigenvalue weighted by atomic mass is 32.2. The molecule has 7 nitrogen and oxygen atoms in total. The number of sulfonamides is 1. The van der Waals surface area contributed by atoms with Crippen LogP contribution in [0.1, 0.15) is 55.7 Å². The first kappa shape index (κ1) is 30.2. The van der Waals surface area contributed by atoms with E-state index in [1.165, 1.54) is 29.2 Å². The van der Waals surface area contributed by atoms with E-state index in [1.807, 2.05) is 45.0 Å². The zero-order chi connectivity index (χ0) is 29.6. The lowest BCUT2D eigenvalue weighted by molar-refractivity contribution is -0.140. The summed E-state index contributed by atoms with van der Waals surface area (Å²) in [6.07, 6.45) is 4.27. The molecule has 3 aromatic carbocycles. The van der Waals surface area contributed by atoms with Crippen LogP contribution in [0.3, 0.4) is 0 Å². The topological polar surface area (TPSA) is 86.8 Å². The lowest BCUT2D eigenvalue weighted by Gasteiger charge is -2.33. The first-order chi connectivity index (χ1) is 19.6. The molecule has 0 heterocycles. The second-order valence-electron chi connectivity index (χ2n) is 10.7. The summed E-state index contributed by atoms with van der Waals surface area (Å²) in [7, 11) is -4.20. The van der Waals surface area contributed by atoms with Gasteiger partial charge in [-0.05, 0) is 75.1 Å². The predicted molar refractivity (Wildman–Crippen MR) is 158 cm³/mol. The molecule has 0 spiro atoms. The molecule has 1 saturated carbocycles. The van der Waals surface area contributed by atoms with Gasteiger partial charge in [0, 0.05) is 12.6 Å². The maximum Gasteiger partial charge on any atom is 0.264 e. The second kappa shape index (κ2) is 13.3. The van der Waals surface area contributed by atoms with E-state index in [2.05, 4.69) is 5.32 Å². The Morgan fingerprint density at radius 2 is 1.46 bits per heavy atom. The summed E-state index contributed by atoms with van der Waals surface area (Å²) in [5.74, 6) is -1.29. The fourth-order valence-corrected chi connectivity index (χ4v) is 6.56. The number of anilines is 1. The van der Waals surface area contributed by atoms with Gasteiger partial charge in [0.15, 0.2) is 0 Å². The van der Waals surface area contributed by atoms with Crippen molar-refractivity contribution in [3.8, 4) is 0 Å². The molecule has 218 valence electrons. The summed E-state index contributed by atoms with van der Waals surface area (Å²) in [4.78, 5) is 29.1. The summed E-state index contributed by atoms with van der Waals surface area (Å²) in [6.45, 7) is 5.24. The third-order valence-corrected chi connectivity index (χ3v) is 9.35. The molecule has 1 aliphatic rings. The van der Waals surface area contributed by atoms with Crippen LogP contribution >= 0.6 is 0 Å². The summed E-state index contributed by atoms with van der Waals surface area (Å²) in [5.41, 5.74) is 2.92. The van der Waals surface area contributed by atoms with E-state index in [0.717, 1.165) is 58.8 Å². The molecular weight excluding hydrogens is 541 g/mol. The van der Waals surface area contributed by atoms with Crippen molar-refractivity contribution in [2.45, 2.75) is 76.4 Å². The molecule has 3 aromatic rings. The highest BCUT2D eigenvalue weighted by Gasteiger charge is 2.34. The molecule has 0 saturated heterocycles. The van der Waals surface area contributed by atoms with Gasteiger partial charge in [0.05, 0.1) is 10.6 Å². The Morgan fingerprint density at radius 3 is 2.02 bits per heavy atom. The van der Waals surface area contributed by atoms with Crippen LogP contribution in [0.2, 0.25) is 0 Å². The number of halogens is 1. The van der Waals surface area contributed by atoms with Crippen molar-refractivity contribution in [1.82, 2.24) is 10.2 Å². The number of rotatable bonds is 11. The summed E-state index contributed by atoms with van der Waals surface area (Å²) in [5, 5.41) is 3.11. The Hall–Kier alpha value is -3.72. The number of hydrogen-bond acceptors (Lipinski definition) is 4. The van der Waals surface area contributed by atoms with Gasteiger partial charge in [-0.2, -0.15) is 0 Å². The monoisotopic (exact) mass is 579 g/mol. The smallest absolute Gasteiger partial charge is 0.264 e. The van der Waals surface area contributed by atoms with Crippen LogP contribution in [0.15, 0.2) is 77.7 Å². The number of aryl methyl sites for hydroxylation is 2. The number of carbonyl (C=O) groups is 2. The van der Waals surface area contributed by atoms with Crippen LogP contribution in [0.4, 0.5) is 10.1 Å². The Balaban J connectivity index is 1.70. The van der Waals surface area contributed by atoms with Crippen LogP contribution in [0.25, 0.3) is 0 Å². The fourth-order valence-electron chi connectivity index (χ4n) is 5.15. The molecule has 9 heteroatoms. The van der Waals surface area contributed by atoms with E-state index >= 15 is 0 Å². The molecule has 0 radical (unpaired) electrons. The fraction of sp³-hybridized carbons (Fsp3) is 0.375. The Morgan fingerprint density at radius 1 is 0.902 bits per heavy atom. The average molecular weight is 580 g/mol. The van der Waals surface area contributed by atoms with Gasteiger partial charge < -0.3 is 10.2 Å². The van der Waals surface area contributed by atoms with E-state index < -0.39 is 34.3 Å². The number of hydrogen-bond donors (Lipinski definition) is 1. The van der Waals surface area contributed by atoms with Crippen molar-refractivity contribution in [3.05, 3.63) is 95.3 Å². The largest absolute Gasteiger partial charge is 0.352 e. The highest BCUT2D eigenvalue weighted by molar-refractivity contribution is 7.92. The van der Waals surface area contributed by atoms with Crippen LogP contribution in [-0.4, -0.2) is 43.8 Å². The Bertz CT molecular complexity index is 1440. The lowest BCUT2D eigenvalue weighted by atomic mass is 10.1. The maximum atomic E-state index is 14.1. The zero-order valence-electron chi connectivity index (χ0n) is 23.8. The lowest BCUT2D eigenvalue weighted by Crippen LogP contribution is -2.53. The molecule has 1 N–H and O–H groups in total. The van der Waals surface area contributed by atoms with E-state index in [1.54, 1.807) is 12.1 Å². The number of benzene rings is 3. The van der Waals surface area contributed by atoms with Crippen molar-refractivity contribution in [2.75, 3.05) is 10.8 Å². The molecule has 2 amide bonds. The van der Waals surface area contributed by atoms with Crippen LogP contribution in [0, 0.1) is 19.7 Å². The molecule has 0 bridgehead atoms. The number of carbonyl (C=O) groups excluding carboxylic acids is 2. The third-order valence-electron chi connectivity index (χ3n) is 7.56. The molecular formula is C32H38FN3O4S. The van der Waals surface area contributed by atoms with E-state index in [9.17, 15) is 22.4 Å². The molecule has 1 aliphatic carbocycles. The van der Waals surface area contributed by atoms with Crippen molar-refractivity contribution < 1.29 is 22.4 Å². The van der Waals surface area contributed by atoms with Crippen LogP contribution < -0.4 is 9.62 Å². The number of nitrogens with one attached hydrogen (secondary N) is 1. The van der Waals surface area contributed by atoms with Gasteiger partial charge in [-0.15, -0.1) is 0 Å². The quantitative estimate of drug-likeness (QED) is 0.325. The first-order valence-corrected chi connectivity index (χ1v) is 15.5. The van der Waals surface area contributed by atoms with Gasteiger partial charge in [0.1, 0.15) is 18.4 Å². The molecule has 0 unspecified atom stereocenters. The van der Waals surface area contributed by atoms with Gasteiger partial charge >= 0.3 is 0 Å². The highest BCUT2D eigenvalue weighted by Crippen LogP contribution is 2.26. The van der Waals surface area contributed by atoms with E-state index in [0.29, 0.717) is 6.42 Å². The van der Waals surface area contributed by atoms with E-state index in [4.69, 9.17) is 0 Å². The summed E-state index contributed by atoms with van der Waals surface area (Å²) in [6, 6.07) is 18.3. The minimum Gasteiger partial charge on any atom is -0.352 e. The molecule has 0 aliphatic heterocycles. The molecule has 41 heavy (non-hydrogen) atoms. The van der Waals surface area contributed by atoms with Gasteiger partial charge in [-0.25, -0.2) is 12.8 Å². The second-order valence-corrected chi connectivity index (χ2v) is 12.6. The predicted octanol–water partition coefficient (Wildman–Crippen LogP) is 5.50. The maximum absolute atomic E-state index is 14.1. The minimum atomic E-state index is -4.20. The minimum absolute atomic E-state index is 0.0105. The van der Waals surface area contributed by atoms with Gasteiger partial charge in [-0.1, -0.05) is 67.3 Å². The van der Waals surface area contributed by atoms with Gasteiger partial charge in [0.25, 0.3) is 10.0 Å². The van der Waals surface area contributed by atoms with Gasteiger partial charge in [-0.3, -0.25) is 13.9 Å². The molecule has 0 aromatic heterocycles. The van der Waals surface area contributed by atoms with Crippen LogP contribution in [0.5, 0.6) is 0 Å². The molecule has 1 fully saturated rings. The number of amides is 2. The standard InChI is InChI=1S/C32H38FN3O4S/c1-4-30(32(38)34-27-7-5-6-8-27)35(21-25-13-9-23(2)10-14-25)31(37)22-36(28-17-15-26(33)16-18-28)41(39,40)29-19-11-24(3)12-20-29/h9-20,27,30H,4-8,21-22H2,1-3H3,(H,34,38)/t30-/m1/s1. The first-order valence-electron chi connectivity index (χ1n) is 14.1. The number of nitrogens with zero attached hydrogens (tertiary/aromatic N) is 2.